The summed E-state index contributed by atoms with van der Waals surface area (Å²) >= 11 is 0. The van der Waals surface area contributed by atoms with Crippen molar-refractivity contribution in [2.45, 2.75) is 40.2 Å². The molecule has 0 aliphatic carbocycles. The number of rotatable bonds is 0. The van der Waals surface area contributed by atoms with Crippen molar-refractivity contribution < 1.29 is 18.7 Å². The fourth-order valence-corrected chi connectivity index (χ4v) is 1.86. The summed E-state index contributed by atoms with van der Waals surface area (Å²) in [7, 11) is 2.58. The third-order valence-corrected chi connectivity index (χ3v) is 3.25. The molecule has 0 aromatic carbocycles. The van der Waals surface area contributed by atoms with Crippen LogP contribution in [0.15, 0.2) is 0 Å². The minimum absolute atomic E-state index is 0.202. The third-order valence-electron chi connectivity index (χ3n) is 3.25. The molecule has 134 valence electrons. The monoisotopic (exact) mass is 322 g/mol. The number of amides is 1. The first-order valence-corrected chi connectivity index (χ1v) is 8.11. The summed E-state index contributed by atoms with van der Waals surface area (Å²) < 4.78 is 19.9. The lowest BCUT2D eigenvalue weighted by Gasteiger charge is -2.31. The topological polar surface area (TPSA) is 42.0 Å². The highest BCUT2D eigenvalue weighted by atomic mass is 19.1. The van der Waals surface area contributed by atoms with E-state index in [4.69, 9.17) is 9.47 Å². The first kappa shape index (κ1) is 23.5. The summed E-state index contributed by atoms with van der Waals surface area (Å²) in [5.74, 6) is 0.202. The minimum Gasteiger partial charge on any atom is -0.379 e. The normalized spacial score (nSPS) is 21.8. The average molecular weight is 322 g/mol. The Morgan fingerprint density at radius 2 is 1.59 bits per heavy atom. The van der Waals surface area contributed by atoms with E-state index in [1.807, 2.05) is 18.7 Å². The van der Waals surface area contributed by atoms with Crippen LogP contribution in [-0.2, 0) is 14.3 Å². The van der Waals surface area contributed by atoms with E-state index >= 15 is 0 Å². The molecule has 0 bridgehead atoms. The van der Waals surface area contributed by atoms with Crippen LogP contribution in [-0.4, -0.2) is 82.0 Å². The van der Waals surface area contributed by atoms with Gasteiger partial charge in [-0.1, -0.05) is 13.8 Å². The van der Waals surface area contributed by atoms with Crippen molar-refractivity contribution in [2.24, 2.45) is 0 Å². The van der Waals surface area contributed by atoms with Gasteiger partial charge in [-0.25, -0.2) is 0 Å². The van der Waals surface area contributed by atoms with E-state index in [1.165, 1.54) is 0 Å². The third kappa shape index (κ3) is 13.0. The maximum atomic E-state index is 10.8. The van der Waals surface area contributed by atoms with E-state index < -0.39 is 0 Å². The van der Waals surface area contributed by atoms with E-state index in [1.54, 1.807) is 6.92 Å². The second-order valence-electron chi connectivity index (χ2n) is 4.89. The van der Waals surface area contributed by atoms with Gasteiger partial charge in [-0.2, -0.15) is 0 Å². The van der Waals surface area contributed by atoms with Gasteiger partial charge in [-0.3, -0.25) is 9.18 Å². The zero-order chi connectivity index (χ0) is 17.4. The molecular weight excluding hydrogens is 287 g/mol. The smallest absolute Gasteiger partial charge is 0.219 e. The number of nitrogens with zero attached hydrogens (tertiary/aromatic N) is 2. The van der Waals surface area contributed by atoms with Crippen LogP contribution in [0.4, 0.5) is 4.39 Å². The molecule has 1 atom stereocenters. The van der Waals surface area contributed by atoms with Gasteiger partial charge in [-0.05, 0) is 20.4 Å². The molecule has 0 N–H and O–H groups in total. The van der Waals surface area contributed by atoms with E-state index in [0.717, 1.165) is 52.4 Å². The van der Waals surface area contributed by atoms with Gasteiger partial charge in [0.15, 0.2) is 0 Å². The molecule has 1 amide bonds. The summed E-state index contributed by atoms with van der Waals surface area (Å²) in [5, 5.41) is 0. The second-order valence-corrected chi connectivity index (χ2v) is 4.89. The molecular formula is C16H35FN2O3. The lowest BCUT2D eigenvalue weighted by atomic mass is 10.3. The molecule has 1 unspecified atom stereocenters. The number of likely N-dealkylation sites (N-methyl/N-ethyl adjacent to an activating group) is 1. The van der Waals surface area contributed by atoms with Gasteiger partial charge in [0.25, 0.3) is 0 Å². The van der Waals surface area contributed by atoms with Gasteiger partial charge < -0.3 is 19.3 Å². The highest BCUT2D eigenvalue weighted by Crippen LogP contribution is 2.01. The highest BCUT2D eigenvalue weighted by molar-refractivity contribution is 5.73. The van der Waals surface area contributed by atoms with E-state index in [9.17, 15) is 9.18 Å². The van der Waals surface area contributed by atoms with Crippen molar-refractivity contribution in [2.75, 3.05) is 60.2 Å². The van der Waals surface area contributed by atoms with Crippen molar-refractivity contribution in [3.8, 4) is 0 Å². The Kier molecular flexibility index (Phi) is 17.8. The van der Waals surface area contributed by atoms with Crippen LogP contribution in [0, 0.1) is 0 Å². The predicted molar refractivity (Wildman–Crippen MR) is 89.0 cm³/mol. The van der Waals surface area contributed by atoms with E-state index in [2.05, 4.69) is 18.9 Å². The Morgan fingerprint density at radius 3 is 2.09 bits per heavy atom. The van der Waals surface area contributed by atoms with Gasteiger partial charge in [0.05, 0.1) is 26.5 Å². The molecule has 2 aliphatic rings. The second kappa shape index (κ2) is 16.6. The fourth-order valence-electron chi connectivity index (χ4n) is 1.86. The Bertz CT molecular complexity index is 240. The van der Waals surface area contributed by atoms with Crippen LogP contribution in [0.3, 0.4) is 0 Å². The summed E-state index contributed by atoms with van der Waals surface area (Å²) in [6.45, 7) is 13.9. The number of ether oxygens (including phenoxy) is 2. The number of hydrogen-bond donors (Lipinski definition) is 0. The molecule has 0 spiro atoms. The maximum Gasteiger partial charge on any atom is 0.219 e. The molecule has 0 aromatic heterocycles. The summed E-state index contributed by atoms with van der Waals surface area (Å²) in [6, 6.07) is 0. The number of halogens is 1. The Balaban J connectivity index is 0. The van der Waals surface area contributed by atoms with Crippen molar-refractivity contribution in [3.63, 3.8) is 0 Å². The van der Waals surface area contributed by atoms with Crippen LogP contribution in [0.25, 0.3) is 0 Å². The number of carbonyl (C=O) groups is 1. The fraction of sp³-hybridized carbons (Fsp3) is 0.938. The van der Waals surface area contributed by atoms with Crippen LogP contribution >= 0.6 is 0 Å². The molecule has 0 radical (unpaired) electrons. The molecule has 22 heavy (non-hydrogen) atoms. The Morgan fingerprint density at radius 1 is 1.05 bits per heavy atom. The lowest BCUT2D eigenvalue weighted by Crippen LogP contribution is -2.46. The molecule has 5 nitrogen and oxygen atoms in total. The van der Waals surface area contributed by atoms with Crippen LogP contribution in [0.5, 0.6) is 0 Å². The molecule has 2 aliphatic heterocycles. The van der Waals surface area contributed by atoms with Crippen molar-refractivity contribution in [1.82, 2.24) is 9.80 Å². The number of piperazine rings is 1. The largest absolute Gasteiger partial charge is 0.379 e. The van der Waals surface area contributed by atoms with Gasteiger partial charge in [0, 0.05) is 39.7 Å². The SMILES string of the molecule is CC.CC(=O)N1CCN(C)CC1.CC1CCOCCO1.CF. The Labute approximate surface area is 135 Å². The Hall–Kier alpha value is -0.720. The highest BCUT2D eigenvalue weighted by Gasteiger charge is 2.14. The first-order chi connectivity index (χ1) is 10.6. The zero-order valence-corrected chi connectivity index (χ0v) is 15.2. The minimum atomic E-state index is 0.202. The van der Waals surface area contributed by atoms with Gasteiger partial charge in [-0.15, -0.1) is 0 Å². The number of carbonyl (C=O) groups excluding carboxylic acids is 1. The standard InChI is InChI=1S/C7H14N2O.C6H12O2.C2H6.CH3F/c1-7(10)9-5-3-8(2)4-6-9;1-6-2-3-7-4-5-8-6;2*1-2/h3-6H2,1-2H3;6H,2-5H2,1H3;1-2H3;1H3. The van der Waals surface area contributed by atoms with Crippen LogP contribution in [0.1, 0.15) is 34.1 Å². The molecule has 6 heteroatoms. The van der Waals surface area contributed by atoms with E-state index in [0.29, 0.717) is 13.3 Å². The van der Waals surface area contributed by atoms with Crippen molar-refractivity contribution >= 4 is 5.91 Å². The number of hydrogen-bond acceptors (Lipinski definition) is 4. The molecule has 2 saturated heterocycles. The van der Waals surface area contributed by atoms with Gasteiger partial charge in [0.1, 0.15) is 0 Å². The summed E-state index contributed by atoms with van der Waals surface area (Å²) in [4.78, 5) is 14.9. The van der Waals surface area contributed by atoms with Crippen LogP contribution < -0.4 is 0 Å². The van der Waals surface area contributed by atoms with Crippen LogP contribution in [0.2, 0.25) is 0 Å². The lowest BCUT2D eigenvalue weighted by molar-refractivity contribution is -0.130. The maximum absolute atomic E-state index is 10.8. The average Bonchev–Trinajstić information content (AvgIpc) is 2.80. The molecule has 0 aromatic rings. The number of alkyl halides is 1. The summed E-state index contributed by atoms with van der Waals surface area (Å²) in [5.41, 5.74) is 0. The molecule has 2 heterocycles. The zero-order valence-electron chi connectivity index (χ0n) is 15.2. The molecule has 2 fully saturated rings. The first-order valence-electron chi connectivity index (χ1n) is 8.11. The van der Waals surface area contributed by atoms with Gasteiger partial charge in [0.2, 0.25) is 5.91 Å². The van der Waals surface area contributed by atoms with Crippen molar-refractivity contribution in [1.29, 1.82) is 0 Å². The predicted octanol–water partition coefficient (Wildman–Crippen LogP) is 2.20. The van der Waals surface area contributed by atoms with Crippen molar-refractivity contribution in [3.05, 3.63) is 0 Å². The van der Waals surface area contributed by atoms with E-state index in [-0.39, 0.29) is 5.91 Å². The molecule has 0 saturated carbocycles. The quantitative estimate of drug-likeness (QED) is 0.686. The summed E-state index contributed by atoms with van der Waals surface area (Å²) in [6.07, 6.45) is 1.44. The van der Waals surface area contributed by atoms with Gasteiger partial charge >= 0.3 is 0 Å². The molecule has 2 rings (SSSR count).